The van der Waals surface area contributed by atoms with Crippen LogP contribution in [0.2, 0.25) is 5.02 Å². The maximum absolute atomic E-state index is 13.7. The lowest BCUT2D eigenvalue weighted by Gasteiger charge is -2.45. The van der Waals surface area contributed by atoms with Gasteiger partial charge in [0.2, 0.25) is 0 Å². The molecule has 0 saturated carbocycles. The summed E-state index contributed by atoms with van der Waals surface area (Å²) in [5.41, 5.74) is 5.22. The van der Waals surface area contributed by atoms with Crippen LogP contribution in [-0.4, -0.2) is 30.1 Å². The van der Waals surface area contributed by atoms with Crippen molar-refractivity contribution in [3.63, 3.8) is 0 Å². The largest absolute Gasteiger partial charge is 0.496 e. The average molecular weight is 509 g/mol. The van der Waals surface area contributed by atoms with E-state index in [4.69, 9.17) is 20.8 Å². The summed E-state index contributed by atoms with van der Waals surface area (Å²) in [6, 6.07) is 25.1. The van der Waals surface area contributed by atoms with Gasteiger partial charge in [-0.3, -0.25) is 9.59 Å². The van der Waals surface area contributed by atoms with Gasteiger partial charge in [0.1, 0.15) is 17.3 Å². The number of halogens is 1. The summed E-state index contributed by atoms with van der Waals surface area (Å²) in [6.45, 7) is 0. The van der Waals surface area contributed by atoms with Crippen LogP contribution in [0.5, 0.6) is 5.75 Å². The van der Waals surface area contributed by atoms with Crippen LogP contribution in [0.3, 0.4) is 0 Å². The van der Waals surface area contributed by atoms with E-state index in [-0.39, 0.29) is 23.7 Å². The van der Waals surface area contributed by atoms with Crippen molar-refractivity contribution in [1.29, 1.82) is 0 Å². The number of methoxy groups -OCH3 is 1. The van der Waals surface area contributed by atoms with Crippen molar-refractivity contribution in [2.75, 3.05) is 7.11 Å². The second kappa shape index (κ2) is 8.18. The molecule has 1 fully saturated rings. The molecule has 4 aromatic rings. The minimum atomic E-state index is -0.470. The third-order valence-corrected chi connectivity index (χ3v) is 8.01. The number of hydrazone groups is 1. The van der Waals surface area contributed by atoms with E-state index in [9.17, 15) is 9.59 Å². The molecule has 0 spiro atoms. The van der Waals surface area contributed by atoms with Gasteiger partial charge in [-0.15, -0.1) is 0 Å². The van der Waals surface area contributed by atoms with E-state index in [0.717, 1.165) is 27.3 Å². The van der Waals surface area contributed by atoms with Crippen molar-refractivity contribution in [3.05, 3.63) is 112 Å². The molecule has 1 aromatic heterocycles. The molecular weight excluding hydrogens is 488 g/mol. The van der Waals surface area contributed by atoms with Crippen molar-refractivity contribution >= 4 is 29.6 Å². The molecule has 8 rings (SSSR count). The molecule has 2 bridgehead atoms. The molecule has 182 valence electrons. The van der Waals surface area contributed by atoms with E-state index in [2.05, 4.69) is 29.4 Å². The summed E-state index contributed by atoms with van der Waals surface area (Å²) >= 11 is 6.16. The molecule has 37 heavy (non-hydrogen) atoms. The Balaban J connectivity index is 1.23. The van der Waals surface area contributed by atoms with Gasteiger partial charge in [-0.2, -0.15) is 10.1 Å². The summed E-state index contributed by atoms with van der Waals surface area (Å²) in [5, 5.41) is 5.92. The van der Waals surface area contributed by atoms with Gasteiger partial charge in [-0.25, -0.2) is 0 Å². The Labute approximate surface area is 218 Å². The molecule has 6 nitrogen and oxygen atoms in total. The molecule has 0 unspecified atom stereocenters. The summed E-state index contributed by atoms with van der Waals surface area (Å²) < 4.78 is 11.4. The highest BCUT2D eigenvalue weighted by molar-refractivity contribution is 6.31. The van der Waals surface area contributed by atoms with Gasteiger partial charge in [0.25, 0.3) is 11.8 Å². The van der Waals surface area contributed by atoms with Crippen molar-refractivity contribution in [2.45, 2.75) is 11.8 Å². The number of hydrogen-bond acceptors (Lipinski definition) is 5. The molecule has 2 heterocycles. The Morgan fingerprint density at radius 2 is 1.41 bits per heavy atom. The molecule has 1 aliphatic heterocycles. The zero-order valence-corrected chi connectivity index (χ0v) is 20.6. The molecule has 0 radical (unpaired) electrons. The number of ether oxygens (including phenoxy) is 1. The lowest BCUT2D eigenvalue weighted by molar-refractivity contribution is -0.139. The van der Waals surface area contributed by atoms with Crippen LogP contribution in [0.4, 0.5) is 0 Å². The van der Waals surface area contributed by atoms with Crippen LogP contribution in [0.15, 0.2) is 88.4 Å². The monoisotopic (exact) mass is 508 g/mol. The standard InChI is InChI=1S/C30H21ClN2O4/c1-36-23-12-10-16(31)14-22(23)24-13-11-17(37-24)15-32-33-29(34)27-25-18-6-2-3-7-19(18)26(28(27)30(33)35)21-9-5-4-8-20(21)25/h2-15,25-28H,1H3/b32-15-/t25?,26?,27-,28-/m1/s1. The molecular formula is C30H21ClN2O4. The van der Waals surface area contributed by atoms with Gasteiger partial charge < -0.3 is 9.15 Å². The molecule has 1 saturated heterocycles. The van der Waals surface area contributed by atoms with Gasteiger partial charge in [0, 0.05) is 16.9 Å². The quantitative estimate of drug-likeness (QED) is 0.257. The highest BCUT2D eigenvalue weighted by Crippen LogP contribution is 2.60. The van der Waals surface area contributed by atoms with Crippen LogP contribution in [0.1, 0.15) is 39.8 Å². The number of hydrogen-bond donors (Lipinski definition) is 0. The highest BCUT2D eigenvalue weighted by atomic mass is 35.5. The third-order valence-electron chi connectivity index (χ3n) is 7.78. The van der Waals surface area contributed by atoms with E-state index in [0.29, 0.717) is 27.9 Å². The molecule has 3 aliphatic carbocycles. The molecule has 0 N–H and O–H groups in total. The van der Waals surface area contributed by atoms with E-state index < -0.39 is 11.8 Å². The number of imide groups is 1. The number of furan rings is 1. The Morgan fingerprint density at radius 1 is 0.838 bits per heavy atom. The molecule has 7 heteroatoms. The topological polar surface area (TPSA) is 72.1 Å². The lowest BCUT2D eigenvalue weighted by Crippen LogP contribution is -2.41. The third kappa shape index (κ3) is 3.15. The minimum absolute atomic E-state index is 0.162. The first-order valence-corrected chi connectivity index (χ1v) is 12.5. The van der Waals surface area contributed by atoms with Crippen LogP contribution >= 0.6 is 11.6 Å². The van der Waals surface area contributed by atoms with Gasteiger partial charge in [-0.1, -0.05) is 60.1 Å². The minimum Gasteiger partial charge on any atom is -0.496 e. The summed E-state index contributed by atoms with van der Waals surface area (Å²) in [4.78, 5) is 27.3. The first-order chi connectivity index (χ1) is 18.1. The van der Waals surface area contributed by atoms with Crippen molar-refractivity contribution < 1.29 is 18.7 Å². The molecule has 2 atom stereocenters. The fraction of sp³-hybridized carbons (Fsp3) is 0.167. The number of carbonyl (C=O) groups excluding carboxylic acids is 2. The van der Waals surface area contributed by atoms with Crippen molar-refractivity contribution in [3.8, 4) is 17.1 Å². The second-order valence-electron chi connectivity index (χ2n) is 9.54. The molecule has 4 aliphatic rings. The van der Waals surface area contributed by atoms with E-state index in [1.165, 1.54) is 6.21 Å². The van der Waals surface area contributed by atoms with Crippen molar-refractivity contribution in [1.82, 2.24) is 5.01 Å². The first kappa shape index (κ1) is 22.1. The predicted octanol–water partition coefficient (Wildman–Crippen LogP) is 5.83. The Bertz CT molecular complexity index is 1510. The summed E-state index contributed by atoms with van der Waals surface area (Å²) in [6.07, 6.45) is 1.41. The van der Waals surface area contributed by atoms with Gasteiger partial charge in [0.05, 0.1) is 30.7 Å². The van der Waals surface area contributed by atoms with Crippen LogP contribution in [0, 0.1) is 11.8 Å². The van der Waals surface area contributed by atoms with Gasteiger partial charge in [-0.05, 0) is 52.6 Å². The maximum atomic E-state index is 13.7. The van der Waals surface area contributed by atoms with E-state index in [1.807, 2.05) is 24.3 Å². The zero-order chi connectivity index (χ0) is 25.3. The van der Waals surface area contributed by atoms with E-state index in [1.54, 1.807) is 37.4 Å². The fourth-order valence-corrected chi connectivity index (χ4v) is 6.50. The van der Waals surface area contributed by atoms with Crippen LogP contribution < -0.4 is 4.74 Å². The predicted molar refractivity (Wildman–Crippen MR) is 139 cm³/mol. The van der Waals surface area contributed by atoms with Gasteiger partial charge >= 0.3 is 0 Å². The van der Waals surface area contributed by atoms with Crippen LogP contribution in [-0.2, 0) is 9.59 Å². The number of rotatable bonds is 4. The Hall–Kier alpha value is -4.16. The lowest BCUT2D eigenvalue weighted by atomic mass is 9.55. The maximum Gasteiger partial charge on any atom is 0.254 e. The average Bonchev–Trinajstić information content (AvgIpc) is 3.50. The molecule has 2 amide bonds. The smallest absolute Gasteiger partial charge is 0.254 e. The van der Waals surface area contributed by atoms with Crippen LogP contribution in [0.25, 0.3) is 11.3 Å². The fourth-order valence-electron chi connectivity index (χ4n) is 6.33. The van der Waals surface area contributed by atoms with Crippen molar-refractivity contribution in [2.24, 2.45) is 16.9 Å². The Kier molecular flexibility index (Phi) is 4.88. The molecule has 3 aromatic carbocycles. The number of carbonyl (C=O) groups is 2. The number of amides is 2. The summed E-state index contributed by atoms with van der Waals surface area (Å²) in [7, 11) is 1.58. The number of benzene rings is 3. The zero-order valence-electron chi connectivity index (χ0n) is 19.8. The second-order valence-corrected chi connectivity index (χ2v) is 9.98. The number of nitrogens with zero attached hydrogens (tertiary/aromatic N) is 2. The highest BCUT2D eigenvalue weighted by Gasteiger charge is 2.61. The first-order valence-electron chi connectivity index (χ1n) is 12.1. The van der Waals surface area contributed by atoms with Gasteiger partial charge in [0.15, 0.2) is 0 Å². The SMILES string of the molecule is COc1ccc(Cl)cc1-c1ccc(/C=N\N2C(=O)[C@@H]3C4c5ccccc5C(c5ccccc54)[C@H]3C2=O)o1. The summed E-state index contributed by atoms with van der Waals surface area (Å²) in [5.74, 6) is -0.244. The normalized spacial score (nSPS) is 23.4. The Morgan fingerprint density at radius 3 is 1.95 bits per heavy atom. The van der Waals surface area contributed by atoms with E-state index >= 15 is 0 Å².